The zero-order valence-electron chi connectivity index (χ0n) is 19.9. The number of benzene rings is 2. The van der Waals surface area contributed by atoms with Crippen LogP contribution in [0.4, 0.5) is 0 Å². The van der Waals surface area contributed by atoms with Gasteiger partial charge in [-0.25, -0.2) is 0 Å². The molecule has 8 heteroatoms. The molecule has 1 heterocycles. The van der Waals surface area contributed by atoms with Gasteiger partial charge in [0.15, 0.2) is 11.5 Å². The highest BCUT2D eigenvalue weighted by Crippen LogP contribution is 2.32. The molecular weight excluding hydrogens is 464 g/mol. The lowest BCUT2D eigenvalue weighted by Crippen LogP contribution is -2.37. The third-order valence-corrected chi connectivity index (χ3v) is 6.76. The zero-order chi connectivity index (χ0) is 24.8. The average Bonchev–Trinajstić information content (AvgIpc) is 3.40. The van der Waals surface area contributed by atoms with Crippen LogP contribution in [0.15, 0.2) is 59.6 Å². The molecule has 0 unspecified atom stereocenters. The Balaban J connectivity index is 1.57. The van der Waals surface area contributed by atoms with Crippen LogP contribution in [0.1, 0.15) is 45.2 Å². The van der Waals surface area contributed by atoms with E-state index in [9.17, 15) is 9.59 Å². The van der Waals surface area contributed by atoms with E-state index >= 15 is 0 Å². The summed E-state index contributed by atoms with van der Waals surface area (Å²) in [4.78, 5) is 27.3. The fourth-order valence-electron chi connectivity index (χ4n) is 4.15. The fraction of sp³-hybridized carbons (Fsp3) is 0.259. The Kier molecular flexibility index (Phi) is 7.72. The maximum Gasteiger partial charge on any atom is 0.268 e. The van der Waals surface area contributed by atoms with Crippen molar-refractivity contribution in [1.82, 2.24) is 10.6 Å². The van der Waals surface area contributed by atoms with Crippen LogP contribution in [0.5, 0.6) is 17.2 Å². The van der Waals surface area contributed by atoms with Gasteiger partial charge in [0.25, 0.3) is 11.8 Å². The molecule has 1 aliphatic carbocycles. The summed E-state index contributed by atoms with van der Waals surface area (Å²) < 4.78 is 15.9. The number of hydrogen-bond donors (Lipinski definition) is 2. The molecule has 2 aromatic carbocycles. The van der Waals surface area contributed by atoms with Crippen molar-refractivity contribution < 1.29 is 23.8 Å². The summed E-state index contributed by atoms with van der Waals surface area (Å²) in [7, 11) is 4.68. The number of aryl methyl sites for hydroxylation is 1. The number of fused-ring (bicyclic) bond motifs is 1. The highest BCUT2D eigenvalue weighted by Gasteiger charge is 2.25. The van der Waals surface area contributed by atoms with Crippen LogP contribution < -0.4 is 24.8 Å². The summed E-state index contributed by atoms with van der Waals surface area (Å²) >= 11 is 1.48. The van der Waals surface area contributed by atoms with Gasteiger partial charge in [0, 0.05) is 10.4 Å². The van der Waals surface area contributed by atoms with Gasteiger partial charge in [-0.05, 0) is 78.2 Å². The highest BCUT2D eigenvalue weighted by molar-refractivity contribution is 7.10. The monoisotopic (exact) mass is 492 g/mol. The quantitative estimate of drug-likeness (QED) is 0.444. The van der Waals surface area contributed by atoms with Crippen LogP contribution in [-0.2, 0) is 11.2 Å². The maximum atomic E-state index is 13.4. The van der Waals surface area contributed by atoms with E-state index in [1.807, 2.05) is 35.7 Å². The molecule has 0 spiro atoms. The van der Waals surface area contributed by atoms with Gasteiger partial charge in [0.05, 0.1) is 27.4 Å². The molecule has 0 saturated carbocycles. The van der Waals surface area contributed by atoms with E-state index in [0.29, 0.717) is 17.1 Å². The lowest BCUT2D eigenvalue weighted by molar-refractivity contribution is -0.118. The van der Waals surface area contributed by atoms with Crippen molar-refractivity contribution in [2.24, 2.45) is 0 Å². The summed E-state index contributed by atoms with van der Waals surface area (Å²) in [5.74, 6) is 0.987. The molecule has 182 valence electrons. The van der Waals surface area contributed by atoms with Gasteiger partial charge in [0.2, 0.25) is 0 Å². The number of carbonyl (C=O) groups excluding carboxylic acids is 2. The number of methoxy groups -OCH3 is 3. The molecule has 3 aromatic rings. The molecule has 0 aliphatic heterocycles. The Morgan fingerprint density at radius 3 is 2.54 bits per heavy atom. The lowest BCUT2D eigenvalue weighted by Gasteiger charge is -2.27. The third-order valence-electron chi connectivity index (χ3n) is 5.94. The molecule has 0 bridgehead atoms. The Morgan fingerprint density at radius 2 is 1.83 bits per heavy atom. The van der Waals surface area contributed by atoms with Crippen molar-refractivity contribution >= 4 is 29.2 Å². The molecule has 2 amide bonds. The van der Waals surface area contributed by atoms with Gasteiger partial charge in [-0.3, -0.25) is 9.59 Å². The molecule has 0 fully saturated rings. The molecule has 0 radical (unpaired) electrons. The van der Waals surface area contributed by atoms with Crippen LogP contribution in [0.2, 0.25) is 0 Å². The van der Waals surface area contributed by atoms with Crippen LogP contribution in [0, 0.1) is 0 Å². The van der Waals surface area contributed by atoms with Gasteiger partial charge in [0.1, 0.15) is 11.4 Å². The van der Waals surface area contributed by atoms with Crippen molar-refractivity contribution in [3.8, 4) is 17.2 Å². The number of ether oxygens (including phenoxy) is 3. The van der Waals surface area contributed by atoms with Gasteiger partial charge in [-0.15, -0.1) is 11.3 Å². The lowest BCUT2D eigenvalue weighted by atomic mass is 9.87. The Morgan fingerprint density at radius 1 is 1.00 bits per heavy atom. The molecule has 1 aliphatic rings. The second kappa shape index (κ2) is 11.1. The Bertz CT molecular complexity index is 1240. The first-order valence-corrected chi connectivity index (χ1v) is 12.2. The van der Waals surface area contributed by atoms with E-state index in [4.69, 9.17) is 14.2 Å². The van der Waals surface area contributed by atoms with Crippen LogP contribution in [0.25, 0.3) is 6.08 Å². The minimum atomic E-state index is -0.419. The first kappa shape index (κ1) is 24.3. The molecular formula is C27H28N2O5S. The maximum absolute atomic E-state index is 13.4. The van der Waals surface area contributed by atoms with E-state index in [1.165, 1.54) is 31.1 Å². The summed E-state index contributed by atoms with van der Waals surface area (Å²) in [6.45, 7) is 0. The normalized spacial score (nSPS) is 15.1. The van der Waals surface area contributed by atoms with Crippen LogP contribution in [-0.4, -0.2) is 33.1 Å². The van der Waals surface area contributed by atoms with E-state index in [2.05, 4.69) is 10.6 Å². The summed E-state index contributed by atoms with van der Waals surface area (Å²) in [6, 6.07) is 14.4. The predicted octanol–water partition coefficient (Wildman–Crippen LogP) is 4.74. The average molecular weight is 493 g/mol. The highest BCUT2D eigenvalue weighted by atomic mass is 32.1. The van der Waals surface area contributed by atoms with Crippen LogP contribution in [0.3, 0.4) is 0 Å². The Labute approximate surface area is 208 Å². The summed E-state index contributed by atoms with van der Waals surface area (Å²) in [6.07, 6.45) is 4.40. The Hall–Kier alpha value is -3.78. The fourth-order valence-corrected chi connectivity index (χ4v) is 4.81. The minimum Gasteiger partial charge on any atom is -0.497 e. The number of amides is 2. The zero-order valence-corrected chi connectivity index (χ0v) is 20.7. The predicted molar refractivity (Wildman–Crippen MR) is 136 cm³/mol. The number of nitrogens with one attached hydrogen (secondary N) is 2. The first-order valence-electron chi connectivity index (χ1n) is 11.3. The van der Waals surface area contributed by atoms with Crippen molar-refractivity contribution in [2.75, 3.05) is 21.3 Å². The van der Waals surface area contributed by atoms with E-state index in [1.54, 1.807) is 31.4 Å². The molecule has 7 nitrogen and oxygen atoms in total. The first-order chi connectivity index (χ1) is 17.0. The molecule has 35 heavy (non-hydrogen) atoms. The number of carbonyl (C=O) groups is 2. The number of thiophene rings is 1. The molecule has 0 saturated heterocycles. The minimum absolute atomic E-state index is 0.151. The van der Waals surface area contributed by atoms with Gasteiger partial charge in [-0.1, -0.05) is 12.1 Å². The molecule has 1 atom stereocenters. The smallest absolute Gasteiger partial charge is 0.268 e. The second-order valence-corrected chi connectivity index (χ2v) is 9.06. The SMILES string of the molecule is COc1ccc2c(c1)CCC[C@@H]2NC(=O)/C(=C/c1cccs1)NC(=O)c1ccc(OC)c(OC)c1. The van der Waals surface area contributed by atoms with Crippen LogP contribution >= 0.6 is 11.3 Å². The third kappa shape index (κ3) is 5.66. The largest absolute Gasteiger partial charge is 0.497 e. The number of rotatable bonds is 8. The van der Waals surface area contributed by atoms with E-state index in [-0.39, 0.29) is 17.6 Å². The van der Waals surface area contributed by atoms with E-state index in [0.717, 1.165) is 35.5 Å². The summed E-state index contributed by atoms with van der Waals surface area (Å²) in [5, 5.41) is 7.83. The topological polar surface area (TPSA) is 85.9 Å². The molecule has 2 N–H and O–H groups in total. The van der Waals surface area contributed by atoms with Crippen molar-refractivity contribution in [3.05, 3.63) is 81.2 Å². The van der Waals surface area contributed by atoms with Crippen molar-refractivity contribution in [1.29, 1.82) is 0 Å². The van der Waals surface area contributed by atoms with Crippen molar-refractivity contribution in [2.45, 2.75) is 25.3 Å². The van der Waals surface area contributed by atoms with E-state index < -0.39 is 5.91 Å². The van der Waals surface area contributed by atoms with Gasteiger partial charge < -0.3 is 24.8 Å². The summed E-state index contributed by atoms with van der Waals surface area (Å²) in [5.41, 5.74) is 2.77. The standard InChI is InChI=1S/C27H28N2O5S/c1-32-19-10-11-21-17(14-19)6-4-8-22(21)28-27(31)23(16-20-7-5-13-35-20)29-26(30)18-9-12-24(33-2)25(15-18)34-3/h5,7,9-16,22H,4,6,8H2,1-3H3,(H,28,31)(H,29,30)/b23-16-/t22-/m0/s1. The van der Waals surface area contributed by atoms with Gasteiger partial charge >= 0.3 is 0 Å². The number of hydrogen-bond acceptors (Lipinski definition) is 6. The molecule has 1 aromatic heterocycles. The van der Waals surface area contributed by atoms with Gasteiger partial charge in [-0.2, -0.15) is 0 Å². The molecule has 4 rings (SSSR count). The van der Waals surface area contributed by atoms with Crippen molar-refractivity contribution in [3.63, 3.8) is 0 Å². The second-order valence-electron chi connectivity index (χ2n) is 8.08.